The van der Waals surface area contributed by atoms with E-state index in [1.54, 1.807) is 0 Å². The molecule has 0 saturated carbocycles. The molecule has 2 nitrogen and oxygen atoms in total. The molecule has 0 saturated heterocycles. The SMILES string of the molecule is CCCCC(C)c1ccc(-c2cc(C(C)(C)C)ccc2N2c3ccc(C)cc3B3c4sc5ccc(C(C)(C)C)cc5c4N(c4ccc5c(c4)C(C)(C)CCC5(C)C)c4cc(C)cc2c43)cc1. The first-order chi connectivity index (χ1) is 31.2. The fourth-order valence-corrected chi connectivity index (χ4v) is 12.8. The van der Waals surface area contributed by atoms with Gasteiger partial charge in [-0.3, -0.25) is 0 Å². The van der Waals surface area contributed by atoms with Crippen molar-refractivity contribution in [3.63, 3.8) is 0 Å². The zero-order valence-electron chi connectivity index (χ0n) is 42.4. The van der Waals surface area contributed by atoms with Crippen LogP contribution in [-0.4, -0.2) is 6.71 Å². The predicted octanol–water partition coefficient (Wildman–Crippen LogP) is 16.5. The van der Waals surface area contributed by atoms with Crippen molar-refractivity contribution in [2.24, 2.45) is 0 Å². The summed E-state index contributed by atoms with van der Waals surface area (Å²) in [5.41, 5.74) is 23.0. The highest BCUT2D eigenvalue weighted by molar-refractivity contribution is 7.33. The lowest BCUT2D eigenvalue weighted by Gasteiger charge is -2.45. The van der Waals surface area contributed by atoms with E-state index in [4.69, 9.17) is 0 Å². The lowest BCUT2D eigenvalue weighted by atomic mass is 9.36. The van der Waals surface area contributed by atoms with Crippen LogP contribution in [0.3, 0.4) is 0 Å². The highest BCUT2D eigenvalue weighted by atomic mass is 32.1. The number of benzene rings is 6. The summed E-state index contributed by atoms with van der Waals surface area (Å²) in [4.78, 5) is 5.34. The maximum absolute atomic E-state index is 2.70. The van der Waals surface area contributed by atoms with E-state index in [9.17, 15) is 0 Å². The van der Waals surface area contributed by atoms with Gasteiger partial charge in [-0.25, -0.2) is 0 Å². The van der Waals surface area contributed by atoms with Gasteiger partial charge in [-0.2, -0.15) is 0 Å². The molecule has 66 heavy (non-hydrogen) atoms. The Morgan fingerprint density at radius 3 is 1.95 bits per heavy atom. The van der Waals surface area contributed by atoms with Gasteiger partial charge in [0.1, 0.15) is 0 Å². The fraction of sp³-hybridized carbons (Fsp3) is 0.387. The Bertz CT molecular complexity index is 3040. The molecule has 1 aliphatic carbocycles. The van der Waals surface area contributed by atoms with Crippen LogP contribution in [-0.2, 0) is 21.7 Å². The van der Waals surface area contributed by atoms with Gasteiger partial charge in [0.05, 0.1) is 11.4 Å². The average Bonchev–Trinajstić information content (AvgIpc) is 3.65. The largest absolute Gasteiger partial charge is 0.311 e. The van der Waals surface area contributed by atoms with Crippen molar-refractivity contribution in [1.82, 2.24) is 0 Å². The van der Waals surface area contributed by atoms with E-state index in [-0.39, 0.29) is 28.4 Å². The molecule has 0 N–H and O–H groups in total. The van der Waals surface area contributed by atoms with Crippen LogP contribution in [0.15, 0.2) is 109 Å². The van der Waals surface area contributed by atoms with Gasteiger partial charge in [0.15, 0.2) is 0 Å². The van der Waals surface area contributed by atoms with Gasteiger partial charge in [-0.1, -0.05) is 156 Å². The molecule has 0 bridgehead atoms. The summed E-state index contributed by atoms with van der Waals surface area (Å²) < 4.78 is 2.79. The molecular weight excluding hydrogens is 816 g/mol. The lowest BCUT2D eigenvalue weighted by molar-refractivity contribution is 0.332. The van der Waals surface area contributed by atoms with Gasteiger partial charge in [0, 0.05) is 43.2 Å². The molecule has 0 amide bonds. The zero-order chi connectivity index (χ0) is 46.8. The monoisotopic (exact) mass is 887 g/mol. The van der Waals surface area contributed by atoms with E-state index < -0.39 is 0 Å². The summed E-state index contributed by atoms with van der Waals surface area (Å²) in [7, 11) is 0. The molecule has 0 spiro atoms. The zero-order valence-corrected chi connectivity index (χ0v) is 43.2. The smallest absolute Gasteiger partial charge is 0.264 e. The van der Waals surface area contributed by atoms with Crippen LogP contribution in [0.4, 0.5) is 34.1 Å². The third kappa shape index (κ3) is 7.36. The van der Waals surface area contributed by atoms with Crippen LogP contribution < -0.4 is 25.5 Å². The molecule has 10 rings (SSSR count). The van der Waals surface area contributed by atoms with Crippen molar-refractivity contribution in [3.05, 3.63) is 148 Å². The Morgan fingerprint density at radius 2 is 1.27 bits per heavy atom. The molecule has 2 aliphatic heterocycles. The molecule has 4 heteroatoms. The normalized spacial score (nSPS) is 16.5. The Balaban J connectivity index is 1.27. The van der Waals surface area contributed by atoms with Crippen LogP contribution >= 0.6 is 11.3 Å². The Hall–Kier alpha value is -5.06. The first-order valence-electron chi connectivity index (χ1n) is 25.0. The molecular formula is C62H71BN2S. The predicted molar refractivity (Wildman–Crippen MR) is 291 cm³/mol. The first-order valence-corrected chi connectivity index (χ1v) is 25.8. The van der Waals surface area contributed by atoms with E-state index in [0.717, 1.165) is 0 Å². The molecule has 1 unspecified atom stereocenters. The molecule has 1 atom stereocenters. The summed E-state index contributed by atoms with van der Waals surface area (Å²) in [6, 6.07) is 44.0. The van der Waals surface area contributed by atoms with Gasteiger partial charge in [-0.15, -0.1) is 11.3 Å². The van der Waals surface area contributed by atoms with Crippen LogP contribution in [0.5, 0.6) is 0 Å². The van der Waals surface area contributed by atoms with Crippen molar-refractivity contribution in [2.75, 3.05) is 9.80 Å². The van der Waals surface area contributed by atoms with Crippen LogP contribution in [0.25, 0.3) is 21.2 Å². The molecule has 6 aromatic carbocycles. The molecule has 0 fully saturated rings. The van der Waals surface area contributed by atoms with Crippen molar-refractivity contribution in [1.29, 1.82) is 0 Å². The van der Waals surface area contributed by atoms with E-state index in [1.165, 1.54) is 142 Å². The minimum atomic E-state index is -0.00398. The second-order valence-corrected chi connectivity index (χ2v) is 24.9. The van der Waals surface area contributed by atoms with Crippen molar-refractivity contribution in [2.45, 2.75) is 157 Å². The van der Waals surface area contributed by atoms with Crippen LogP contribution in [0.2, 0.25) is 0 Å². The van der Waals surface area contributed by atoms with Gasteiger partial charge in [0.2, 0.25) is 0 Å². The second kappa shape index (κ2) is 15.8. The van der Waals surface area contributed by atoms with Gasteiger partial charge >= 0.3 is 0 Å². The van der Waals surface area contributed by atoms with E-state index in [1.807, 2.05) is 11.3 Å². The summed E-state index contributed by atoms with van der Waals surface area (Å²) in [6.45, 7) is 33.2. The minimum Gasteiger partial charge on any atom is -0.311 e. The molecule has 1 aromatic heterocycles. The van der Waals surface area contributed by atoms with Gasteiger partial charge in [-0.05, 0) is 165 Å². The minimum absolute atomic E-state index is 0.00398. The molecule has 0 radical (unpaired) electrons. The highest BCUT2D eigenvalue weighted by Gasteiger charge is 2.46. The lowest BCUT2D eigenvalue weighted by Crippen LogP contribution is -2.60. The second-order valence-electron chi connectivity index (χ2n) is 23.8. The van der Waals surface area contributed by atoms with E-state index in [0.29, 0.717) is 5.92 Å². The number of hydrogen-bond acceptors (Lipinski definition) is 3. The van der Waals surface area contributed by atoms with Crippen molar-refractivity contribution in [3.8, 4) is 11.1 Å². The average molecular weight is 887 g/mol. The summed E-state index contributed by atoms with van der Waals surface area (Å²) in [5.74, 6) is 0.543. The molecule has 3 heterocycles. The van der Waals surface area contributed by atoms with Crippen LogP contribution in [0.1, 0.15) is 160 Å². The molecule has 7 aromatic rings. The number of rotatable bonds is 7. The summed E-state index contributed by atoms with van der Waals surface area (Å²) in [6.07, 6.45) is 6.10. The number of unbranched alkanes of at least 4 members (excludes halogenated alkanes) is 1. The Morgan fingerprint density at radius 1 is 0.636 bits per heavy atom. The quantitative estimate of drug-likeness (QED) is 0.147. The van der Waals surface area contributed by atoms with E-state index >= 15 is 0 Å². The maximum Gasteiger partial charge on any atom is 0.264 e. The van der Waals surface area contributed by atoms with Gasteiger partial charge in [0.25, 0.3) is 6.71 Å². The number of thiophene rings is 1. The van der Waals surface area contributed by atoms with Gasteiger partial charge < -0.3 is 9.80 Å². The first kappa shape index (κ1) is 44.8. The number of hydrogen-bond donors (Lipinski definition) is 0. The number of anilines is 6. The topological polar surface area (TPSA) is 6.48 Å². The maximum atomic E-state index is 2.70. The third-order valence-electron chi connectivity index (χ3n) is 15.8. The van der Waals surface area contributed by atoms with E-state index in [2.05, 4.69) is 216 Å². The fourth-order valence-electron chi connectivity index (χ4n) is 11.5. The molecule has 3 aliphatic rings. The molecule has 338 valence electrons. The third-order valence-corrected chi connectivity index (χ3v) is 17.0. The number of fused-ring (bicyclic) bond motifs is 7. The summed E-state index contributed by atoms with van der Waals surface area (Å²) >= 11 is 2.01. The Kier molecular flexibility index (Phi) is 10.7. The number of aryl methyl sites for hydroxylation is 2. The van der Waals surface area contributed by atoms with Crippen molar-refractivity contribution < 1.29 is 0 Å². The van der Waals surface area contributed by atoms with Crippen molar-refractivity contribution >= 4 is 78.0 Å². The van der Waals surface area contributed by atoms with Crippen LogP contribution in [0, 0.1) is 13.8 Å². The highest BCUT2D eigenvalue weighted by Crippen LogP contribution is 2.53. The Labute approximate surface area is 401 Å². The number of nitrogens with zero attached hydrogens (tertiary/aromatic N) is 2. The standard InChI is InChI=1S/C62H71BN2S/c1-15-16-17-40(4)41-19-21-42(22-20-41)46-35-43(59(5,6)7)23-28-51(46)65-52-27-18-38(2)32-50(52)63-56-53(33-39(3)34-54(56)65)64(45-25-26-48-49(37-45)62(13,14)31-30-61(48,11)12)57-47-36-44(60(8,9)10)24-29-55(47)66-58(57)63/h18-29,32-37,40H,15-17,30-31H2,1-14H3. The summed E-state index contributed by atoms with van der Waals surface area (Å²) in [5, 5.41) is 1.36.